The molecule has 2 aliphatic heterocycles. The minimum absolute atomic E-state index is 0.0181. The molecular formula is C24H27ClF3N5O2. The highest BCUT2D eigenvalue weighted by Gasteiger charge is 2.59. The summed E-state index contributed by atoms with van der Waals surface area (Å²) in [6, 6.07) is 2.93. The molecule has 7 nitrogen and oxygen atoms in total. The van der Waals surface area contributed by atoms with E-state index in [1.807, 2.05) is 4.90 Å². The predicted octanol–water partition coefficient (Wildman–Crippen LogP) is 4.61. The van der Waals surface area contributed by atoms with Gasteiger partial charge in [-0.15, -0.1) is 0 Å². The van der Waals surface area contributed by atoms with Crippen molar-refractivity contribution < 1.29 is 22.7 Å². The van der Waals surface area contributed by atoms with Crippen LogP contribution in [0.4, 0.5) is 24.7 Å². The van der Waals surface area contributed by atoms with Crippen molar-refractivity contribution in [2.24, 2.45) is 11.3 Å². The van der Waals surface area contributed by atoms with Crippen LogP contribution in [-0.2, 0) is 28.7 Å². The number of fused-ring (bicyclic) bond motifs is 1. The summed E-state index contributed by atoms with van der Waals surface area (Å²) >= 11 is 6.15. The monoisotopic (exact) mass is 509 g/mol. The number of carbonyl (C=O) groups is 1. The molecule has 11 heteroatoms. The van der Waals surface area contributed by atoms with E-state index in [0.29, 0.717) is 44.1 Å². The normalized spacial score (nSPS) is 22.0. The smallest absolute Gasteiger partial charge is 0.399 e. The quantitative estimate of drug-likeness (QED) is 0.462. The third-order valence-electron chi connectivity index (χ3n) is 7.48. The topological polar surface area (TPSA) is 93.4 Å². The number of aromatic nitrogens is 2. The van der Waals surface area contributed by atoms with Crippen molar-refractivity contribution >= 4 is 29.0 Å². The molecule has 1 aliphatic carbocycles. The molecule has 1 saturated carbocycles. The zero-order valence-electron chi connectivity index (χ0n) is 19.3. The Bertz CT molecular complexity index is 1150. The number of hydrogen-bond acceptors (Lipinski definition) is 6. The van der Waals surface area contributed by atoms with E-state index >= 15 is 0 Å². The van der Waals surface area contributed by atoms with Crippen LogP contribution in [0.5, 0.6) is 0 Å². The number of ether oxygens (including phenoxy) is 1. The maximum Gasteiger partial charge on any atom is 0.416 e. The zero-order valence-corrected chi connectivity index (χ0v) is 20.0. The van der Waals surface area contributed by atoms with E-state index in [2.05, 4.69) is 15.3 Å². The molecule has 1 saturated heterocycles. The first-order valence-corrected chi connectivity index (χ1v) is 12.1. The fraction of sp³-hybridized carbons (Fsp3) is 0.542. The Balaban J connectivity index is 1.36. The van der Waals surface area contributed by atoms with Gasteiger partial charge in [0.1, 0.15) is 5.82 Å². The van der Waals surface area contributed by atoms with Gasteiger partial charge >= 0.3 is 6.18 Å². The van der Waals surface area contributed by atoms with Gasteiger partial charge in [0, 0.05) is 43.3 Å². The number of anilines is 2. The minimum Gasteiger partial charge on any atom is -0.399 e. The lowest BCUT2D eigenvalue weighted by Gasteiger charge is -2.31. The summed E-state index contributed by atoms with van der Waals surface area (Å²) in [5, 5.41) is 3.23. The summed E-state index contributed by atoms with van der Waals surface area (Å²) < 4.78 is 45.3. The van der Waals surface area contributed by atoms with Gasteiger partial charge in [0.15, 0.2) is 0 Å². The van der Waals surface area contributed by atoms with E-state index in [-0.39, 0.29) is 28.2 Å². The average molecular weight is 510 g/mol. The molecule has 1 spiro atoms. The first-order chi connectivity index (χ1) is 16.6. The molecule has 5 rings (SSSR count). The van der Waals surface area contributed by atoms with Crippen molar-refractivity contribution in [1.29, 1.82) is 0 Å². The van der Waals surface area contributed by atoms with Gasteiger partial charge in [-0.25, -0.2) is 9.97 Å². The van der Waals surface area contributed by atoms with Crippen molar-refractivity contribution in [2.75, 3.05) is 30.8 Å². The average Bonchev–Trinajstić information content (AvgIpc) is 3.50. The van der Waals surface area contributed by atoms with Crippen LogP contribution < -0.4 is 11.1 Å². The van der Waals surface area contributed by atoms with Crippen molar-refractivity contribution in [3.05, 3.63) is 45.9 Å². The van der Waals surface area contributed by atoms with Crippen LogP contribution >= 0.6 is 11.6 Å². The highest BCUT2D eigenvalue weighted by molar-refractivity contribution is 6.28. The summed E-state index contributed by atoms with van der Waals surface area (Å²) in [7, 11) is 0. The fourth-order valence-electron chi connectivity index (χ4n) is 5.32. The number of alkyl halides is 3. The summed E-state index contributed by atoms with van der Waals surface area (Å²) in [5.74, 6) is 0.569. The Morgan fingerprint density at radius 2 is 2.03 bits per heavy atom. The Morgan fingerprint density at radius 3 is 2.74 bits per heavy atom. The molecule has 3 N–H and O–H groups in total. The van der Waals surface area contributed by atoms with Gasteiger partial charge in [-0.1, -0.05) is 0 Å². The second-order valence-corrected chi connectivity index (χ2v) is 10.1. The molecular weight excluding hydrogens is 483 g/mol. The molecule has 0 bridgehead atoms. The van der Waals surface area contributed by atoms with E-state index in [1.165, 1.54) is 6.07 Å². The fourth-order valence-corrected chi connectivity index (χ4v) is 5.50. The van der Waals surface area contributed by atoms with E-state index in [4.69, 9.17) is 22.1 Å². The van der Waals surface area contributed by atoms with Crippen molar-refractivity contribution in [1.82, 2.24) is 14.9 Å². The number of amides is 1. The summed E-state index contributed by atoms with van der Waals surface area (Å²) in [4.78, 5) is 23.8. The maximum atomic E-state index is 13.3. The third-order valence-corrected chi connectivity index (χ3v) is 7.65. The van der Waals surface area contributed by atoms with E-state index in [0.717, 1.165) is 42.7 Å². The Hall–Kier alpha value is -2.59. The standard InChI is InChI=1S/C24H27ClF3N5O2/c1-13(14-8-15(24(26,27)28)10-16(29)9-14)30-20-17-12-33(5-2-19(17)31-22(25)32-20)21(34)18-11-23(18)3-6-35-7-4-23/h8-10,13,18H,2-7,11-12,29H2,1H3,(H,30,31,32)/t13-,18?/m1/s1. The molecule has 1 amide bonds. The second kappa shape index (κ2) is 8.81. The lowest BCUT2D eigenvalue weighted by molar-refractivity contribution is -0.137. The number of benzene rings is 1. The first kappa shape index (κ1) is 24.1. The summed E-state index contributed by atoms with van der Waals surface area (Å²) in [6.45, 7) is 3.99. The maximum absolute atomic E-state index is 13.3. The van der Waals surface area contributed by atoms with Gasteiger partial charge in [-0.05, 0) is 67.0 Å². The number of nitrogens with one attached hydrogen (secondary N) is 1. The number of halogens is 4. The van der Waals surface area contributed by atoms with Crippen molar-refractivity contribution in [2.45, 2.75) is 51.4 Å². The number of nitrogens with zero attached hydrogens (tertiary/aromatic N) is 3. The number of carbonyl (C=O) groups excluding carboxylic acids is 1. The van der Waals surface area contributed by atoms with Gasteiger partial charge < -0.3 is 20.7 Å². The summed E-state index contributed by atoms with van der Waals surface area (Å²) in [5.41, 5.74) is 6.87. The van der Waals surface area contributed by atoms with Crippen LogP contribution in [0.2, 0.25) is 5.28 Å². The third kappa shape index (κ3) is 4.78. The number of nitrogens with two attached hydrogens (primary N) is 1. The molecule has 2 atom stereocenters. The highest BCUT2D eigenvalue weighted by Crippen LogP contribution is 2.60. The van der Waals surface area contributed by atoms with Crippen LogP contribution in [0.3, 0.4) is 0 Å². The molecule has 35 heavy (non-hydrogen) atoms. The van der Waals surface area contributed by atoms with Crippen molar-refractivity contribution in [3.63, 3.8) is 0 Å². The second-order valence-electron chi connectivity index (χ2n) is 9.76. The number of nitrogen functional groups attached to an aromatic ring is 1. The lowest BCUT2D eigenvalue weighted by atomic mass is 9.93. The van der Waals surface area contributed by atoms with Gasteiger partial charge in [-0.3, -0.25) is 4.79 Å². The van der Waals surface area contributed by atoms with Crippen LogP contribution in [0, 0.1) is 11.3 Å². The largest absolute Gasteiger partial charge is 0.416 e. The van der Waals surface area contributed by atoms with Gasteiger partial charge in [0.25, 0.3) is 0 Å². The molecule has 188 valence electrons. The Labute approximate surface area is 206 Å². The van der Waals surface area contributed by atoms with E-state index in [9.17, 15) is 18.0 Å². The van der Waals surface area contributed by atoms with Gasteiger partial charge in [0.2, 0.25) is 11.2 Å². The van der Waals surface area contributed by atoms with E-state index in [1.54, 1.807) is 6.92 Å². The molecule has 2 fully saturated rings. The Kier molecular flexibility index (Phi) is 6.07. The van der Waals surface area contributed by atoms with Gasteiger partial charge in [0.05, 0.1) is 23.8 Å². The Morgan fingerprint density at radius 1 is 1.29 bits per heavy atom. The highest BCUT2D eigenvalue weighted by atomic mass is 35.5. The SMILES string of the molecule is C[C@@H](Nc1nc(Cl)nc2c1CN(C(=O)C1CC13CCOCC3)CC2)c1cc(N)cc(C(F)(F)F)c1. The molecule has 1 aromatic heterocycles. The lowest BCUT2D eigenvalue weighted by Crippen LogP contribution is -2.39. The predicted molar refractivity (Wildman–Crippen MR) is 125 cm³/mol. The molecule has 3 heterocycles. The molecule has 0 radical (unpaired) electrons. The number of rotatable bonds is 4. The van der Waals surface area contributed by atoms with Gasteiger partial charge in [-0.2, -0.15) is 13.2 Å². The van der Waals surface area contributed by atoms with E-state index < -0.39 is 17.8 Å². The van der Waals surface area contributed by atoms with Crippen LogP contribution in [0.1, 0.15) is 54.6 Å². The van der Waals surface area contributed by atoms with Crippen molar-refractivity contribution in [3.8, 4) is 0 Å². The number of hydrogen-bond donors (Lipinski definition) is 2. The molecule has 1 aromatic carbocycles. The van der Waals surface area contributed by atoms with Crippen LogP contribution in [0.25, 0.3) is 0 Å². The zero-order chi connectivity index (χ0) is 25.0. The molecule has 1 unspecified atom stereocenters. The summed E-state index contributed by atoms with van der Waals surface area (Å²) in [6.07, 6.45) is -1.25. The molecule has 3 aliphatic rings. The molecule has 2 aromatic rings. The van der Waals surface area contributed by atoms with Crippen LogP contribution in [-0.4, -0.2) is 40.5 Å². The first-order valence-electron chi connectivity index (χ1n) is 11.7. The minimum atomic E-state index is -4.51. The van der Waals surface area contributed by atoms with Crippen LogP contribution in [0.15, 0.2) is 18.2 Å².